The number of methoxy groups -OCH3 is 1. The zero-order chi connectivity index (χ0) is 17.4. The van der Waals surface area contributed by atoms with Crippen molar-refractivity contribution in [2.45, 2.75) is 0 Å². The lowest BCUT2D eigenvalue weighted by Gasteiger charge is -2.03. The summed E-state index contributed by atoms with van der Waals surface area (Å²) < 4.78 is 10.3. The fourth-order valence-electron chi connectivity index (χ4n) is 2.61. The van der Waals surface area contributed by atoms with Crippen LogP contribution in [0.25, 0.3) is 33.7 Å². The number of hydrogen-bond acceptors (Lipinski definition) is 6. The second-order valence-corrected chi connectivity index (χ2v) is 5.37. The fourth-order valence-corrected chi connectivity index (χ4v) is 2.61. The van der Waals surface area contributed by atoms with Gasteiger partial charge in [-0.15, -0.1) is 0 Å². The van der Waals surface area contributed by atoms with Gasteiger partial charge in [0.25, 0.3) is 11.4 Å². The third kappa shape index (κ3) is 2.51. The van der Waals surface area contributed by atoms with Gasteiger partial charge in [0, 0.05) is 10.9 Å². The van der Waals surface area contributed by atoms with E-state index in [0.717, 1.165) is 0 Å². The smallest absolute Gasteiger partial charge is 0.267 e. The summed E-state index contributed by atoms with van der Waals surface area (Å²) >= 11 is 0. The Labute approximate surface area is 141 Å². The summed E-state index contributed by atoms with van der Waals surface area (Å²) in [5.74, 6) is 0.778. The van der Waals surface area contributed by atoms with Gasteiger partial charge in [0.15, 0.2) is 0 Å². The third-order valence-corrected chi connectivity index (χ3v) is 3.88. The largest absolute Gasteiger partial charge is 0.506 e. The van der Waals surface area contributed by atoms with Crippen molar-refractivity contribution in [2.75, 3.05) is 7.11 Å². The lowest BCUT2D eigenvalue weighted by atomic mass is 10.1. The van der Waals surface area contributed by atoms with Crippen LogP contribution >= 0.6 is 0 Å². The minimum absolute atomic E-state index is 0.0460. The molecule has 124 valence electrons. The van der Waals surface area contributed by atoms with Crippen LogP contribution in [0.2, 0.25) is 0 Å². The second-order valence-electron chi connectivity index (χ2n) is 5.37. The molecule has 0 aliphatic carbocycles. The summed E-state index contributed by atoms with van der Waals surface area (Å²) in [5, 5.41) is 14.9. The monoisotopic (exact) mass is 335 g/mol. The zero-order valence-corrected chi connectivity index (χ0v) is 13.2. The number of fused-ring (bicyclic) bond motifs is 1. The van der Waals surface area contributed by atoms with Crippen LogP contribution in [0.3, 0.4) is 0 Å². The van der Waals surface area contributed by atoms with Crippen molar-refractivity contribution in [1.29, 1.82) is 0 Å². The van der Waals surface area contributed by atoms with Gasteiger partial charge >= 0.3 is 0 Å². The molecule has 0 saturated carbocycles. The lowest BCUT2D eigenvalue weighted by molar-refractivity contribution is 0.414. The molecule has 0 unspecified atom stereocenters. The topological polar surface area (TPSA) is 101 Å². The molecule has 2 aromatic carbocycles. The predicted molar refractivity (Wildman–Crippen MR) is 91.5 cm³/mol. The molecule has 0 spiro atoms. The maximum absolute atomic E-state index is 12.3. The third-order valence-electron chi connectivity index (χ3n) is 3.88. The van der Waals surface area contributed by atoms with Crippen LogP contribution < -0.4 is 10.3 Å². The molecule has 0 aliphatic heterocycles. The van der Waals surface area contributed by atoms with Crippen molar-refractivity contribution in [2.24, 2.45) is 0 Å². The summed E-state index contributed by atoms with van der Waals surface area (Å²) in [6.45, 7) is 0. The van der Waals surface area contributed by atoms with Gasteiger partial charge in [-0.2, -0.15) is 4.98 Å². The van der Waals surface area contributed by atoms with Gasteiger partial charge in [0.1, 0.15) is 17.1 Å². The average molecular weight is 335 g/mol. The summed E-state index contributed by atoms with van der Waals surface area (Å²) in [6, 6.07) is 14.0. The maximum atomic E-state index is 12.3. The predicted octanol–water partition coefficient (Wildman–Crippen LogP) is 2.96. The Balaban J connectivity index is 1.82. The molecule has 2 aromatic heterocycles. The first-order chi connectivity index (χ1) is 12.2. The molecule has 7 nitrogen and oxygen atoms in total. The standard InChI is InChI=1S/C18H13N3O4/c1-24-11-8-6-10(7-9-11)16-20-18(25-21-16)14-15(22)12-4-2-3-5-13(12)19-17(14)23/h2-9H,1H3,(H2,19,22,23). The normalized spacial score (nSPS) is 10.9. The molecule has 0 atom stereocenters. The quantitative estimate of drug-likeness (QED) is 0.597. The van der Waals surface area contributed by atoms with E-state index in [1.54, 1.807) is 55.6 Å². The Morgan fingerprint density at radius 3 is 2.64 bits per heavy atom. The number of aromatic nitrogens is 3. The second kappa shape index (κ2) is 5.79. The highest BCUT2D eigenvalue weighted by Crippen LogP contribution is 2.32. The van der Waals surface area contributed by atoms with Gasteiger partial charge in [0.2, 0.25) is 5.82 Å². The van der Waals surface area contributed by atoms with E-state index in [0.29, 0.717) is 28.0 Å². The molecule has 0 amide bonds. The highest BCUT2D eigenvalue weighted by atomic mass is 16.5. The molecule has 0 bridgehead atoms. The number of aromatic hydroxyl groups is 1. The molecule has 0 aliphatic rings. The molecule has 4 aromatic rings. The van der Waals surface area contributed by atoms with Crippen molar-refractivity contribution in [3.05, 3.63) is 58.9 Å². The number of para-hydroxylation sites is 1. The van der Waals surface area contributed by atoms with Crippen LogP contribution in [0.4, 0.5) is 0 Å². The molecular formula is C18H13N3O4. The average Bonchev–Trinajstić information content (AvgIpc) is 3.11. The van der Waals surface area contributed by atoms with Gasteiger partial charge < -0.3 is 19.4 Å². The molecule has 2 heterocycles. The molecule has 2 N–H and O–H groups in total. The molecule has 7 heteroatoms. The Morgan fingerprint density at radius 1 is 1.12 bits per heavy atom. The van der Waals surface area contributed by atoms with Crippen LogP contribution in [0.15, 0.2) is 57.8 Å². The molecule has 0 fully saturated rings. The van der Waals surface area contributed by atoms with Gasteiger partial charge in [-0.1, -0.05) is 17.3 Å². The van der Waals surface area contributed by atoms with Crippen molar-refractivity contribution < 1.29 is 14.4 Å². The number of H-pyrrole nitrogens is 1. The van der Waals surface area contributed by atoms with Crippen LogP contribution in [-0.2, 0) is 0 Å². The highest BCUT2D eigenvalue weighted by Gasteiger charge is 2.20. The van der Waals surface area contributed by atoms with E-state index in [9.17, 15) is 9.90 Å². The Morgan fingerprint density at radius 2 is 1.88 bits per heavy atom. The van der Waals surface area contributed by atoms with E-state index in [2.05, 4.69) is 15.1 Å². The number of benzene rings is 2. The number of rotatable bonds is 3. The van der Waals surface area contributed by atoms with Crippen LogP contribution in [0.1, 0.15) is 0 Å². The van der Waals surface area contributed by atoms with E-state index in [-0.39, 0.29) is 17.2 Å². The van der Waals surface area contributed by atoms with Crippen molar-refractivity contribution in [3.63, 3.8) is 0 Å². The van der Waals surface area contributed by atoms with E-state index in [1.807, 2.05) is 0 Å². The fraction of sp³-hybridized carbons (Fsp3) is 0.0556. The van der Waals surface area contributed by atoms with E-state index < -0.39 is 5.56 Å². The Kier molecular flexibility index (Phi) is 3.46. The summed E-state index contributed by atoms with van der Waals surface area (Å²) in [5.41, 5.74) is 0.684. The first-order valence-electron chi connectivity index (χ1n) is 7.50. The zero-order valence-electron chi connectivity index (χ0n) is 13.2. The van der Waals surface area contributed by atoms with Crippen molar-refractivity contribution in [1.82, 2.24) is 15.1 Å². The van der Waals surface area contributed by atoms with Gasteiger partial charge in [0.05, 0.1) is 12.6 Å². The number of ether oxygens (including phenoxy) is 1. The van der Waals surface area contributed by atoms with E-state index >= 15 is 0 Å². The SMILES string of the molecule is COc1ccc(-c2noc(-c3c(O)c4ccccc4[nH]c3=O)n2)cc1. The van der Waals surface area contributed by atoms with E-state index in [4.69, 9.17) is 9.26 Å². The van der Waals surface area contributed by atoms with Crippen molar-refractivity contribution >= 4 is 10.9 Å². The lowest BCUT2D eigenvalue weighted by Crippen LogP contribution is -2.09. The van der Waals surface area contributed by atoms with Crippen LogP contribution in [0, 0.1) is 0 Å². The molecule has 0 saturated heterocycles. The molecule has 4 rings (SSSR count). The maximum Gasteiger partial charge on any atom is 0.267 e. The van der Waals surface area contributed by atoms with Gasteiger partial charge in [-0.05, 0) is 36.4 Å². The van der Waals surface area contributed by atoms with E-state index in [1.165, 1.54) is 0 Å². The summed E-state index contributed by atoms with van der Waals surface area (Å²) in [7, 11) is 1.58. The number of hydrogen-bond donors (Lipinski definition) is 2. The van der Waals surface area contributed by atoms with Crippen LogP contribution in [0.5, 0.6) is 11.5 Å². The number of nitrogens with one attached hydrogen (secondary N) is 1. The minimum atomic E-state index is -0.499. The molecule has 25 heavy (non-hydrogen) atoms. The van der Waals surface area contributed by atoms with Gasteiger partial charge in [-0.25, -0.2) is 0 Å². The highest BCUT2D eigenvalue weighted by molar-refractivity contribution is 5.90. The Hall–Kier alpha value is -3.61. The Bertz CT molecular complexity index is 1110. The first-order valence-corrected chi connectivity index (χ1v) is 7.50. The first kappa shape index (κ1) is 14.9. The van der Waals surface area contributed by atoms with Crippen LogP contribution in [-0.4, -0.2) is 27.3 Å². The van der Waals surface area contributed by atoms with Gasteiger partial charge in [-0.3, -0.25) is 4.79 Å². The summed E-state index contributed by atoms with van der Waals surface area (Å²) in [6.07, 6.45) is 0. The molecule has 0 radical (unpaired) electrons. The summed E-state index contributed by atoms with van der Waals surface area (Å²) in [4.78, 5) is 19.3. The number of aromatic amines is 1. The number of pyridine rings is 1. The molecular weight excluding hydrogens is 322 g/mol. The minimum Gasteiger partial charge on any atom is -0.506 e. The number of nitrogens with zero attached hydrogens (tertiary/aromatic N) is 2. The van der Waals surface area contributed by atoms with Crippen molar-refractivity contribution in [3.8, 4) is 34.3 Å².